The van der Waals surface area contributed by atoms with Crippen molar-refractivity contribution in [1.29, 1.82) is 0 Å². The molecule has 132 valence electrons. The summed E-state index contributed by atoms with van der Waals surface area (Å²) in [6.45, 7) is 5.78. The Balaban J connectivity index is 1.36. The minimum absolute atomic E-state index is 0.0311. The molecule has 0 radical (unpaired) electrons. The van der Waals surface area contributed by atoms with E-state index in [-0.39, 0.29) is 18.2 Å². The van der Waals surface area contributed by atoms with E-state index in [4.69, 9.17) is 9.47 Å². The van der Waals surface area contributed by atoms with Gasteiger partial charge >= 0.3 is 6.03 Å². The average Bonchev–Trinajstić information content (AvgIpc) is 3.28. The molecule has 5 heteroatoms. The number of likely N-dealkylation sites (tertiary alicyclic amines) is 1. The molecular formula is C19H28N2O3. The van der Waals surface area contributed by atoms with Crippen LogP contribution in [0.25, 0.3) is 0 Å². The maximum atomic E-state index is 12.4. The van der Waals surface area contributed by atoms with Crippen LogP contribution < -0.4 is 5.32 Å². The van der Waals surface area contributed by atoms with Gasteiger partial charge < -0.3 is 19.7 Å². The van der Waals surface area contributed by atoms with Gasteiger partial charge in [0.25, 0.3) is 0 Å². The lowest BCUT2D eigenvalue weighted by molar-refractivity contribution is 0.0818. The number of carbonyl (C=O) groups excluding carboxylic acids is 1. The molecule has 3 atom stereocenters. The SMILES string of the molecule is CC(NC(=O)N1CCC(COCc2ccccc2)C1)C1CCCO1. The average molecular weight is 332 g/mol. The summed E-state index contributed by atoms with van der Waals surface area (Å²) in [7, 11) is 0. The van der Waals surface area contributed by atoms with Gasteiger partial charge in [0.05, 0.1) is 25.4 Å². The van der Waals surface area contributed by atoms with Crippen LogP contribution in [-0.2, 0) is 16.1 Å². The maximum absolute atomic E-state index is 12.4. The number of nitrogens with one attached hydrogen (secondary N) is 1. The fourth-order valence-electron chi connectivity index (χ4n) is 3.45. The first-order chi connectivity index (χ1) is 11.7. The first kappa shape index (κ1) is 17.2. The van der Waals surface area contributed by atoms with E-state index in [0.717, 1.165) is 39.0 Å². The van der Waals surface area contributed by atoms with E-state index in [0.29, 0.717) is 19.1 Å². The lowest BCUT2D eigenvalue weighted by atomic mass is 10.1. The molecule has 3 rings (SSSR count). The van der Waals surface area contributed by atoms with E-state index in [9.17, 15) is 4.79 Å². The lowest BCUT2D eigenvalue weighted by Gasteiger charge is -2.24. The van der Waals surface area contributed by atoms with Crippen LogP contribution in [0.15, 0.2) is 30.3 Å². The molecule has 0 saturated carbocycles. The Morgan fingerprint density at radius 2 is 2.21 bits per heavy atom. The third-order valence-corrected chi connectivity index (χ3v) is 4.91. The van der Waals surface area contributed by atoms with Gasteiger partial charge in [-0.2, -0.15) is 0 Å². The molecule has 2 aliphatic heterocycles. The van der Waals surface area contributed by atoms with Crippen molar-refractivity contribution < 1.29 is 14.3 Å². The van der Waals surface area contributed by atoms with Gasteiger partial charge in [-0.25, -0.2) is 4.79 Å². The number of ether oxygens (including phenoxy) is 2. The molecule has 1 aromatic rings. The summed E-state index contributed by atoms with van der Waals surface area (Å²) < 4.78 is 11.5. The second-order valence-electron chi connectivity index (χ2n) is 6.89. The van der Waals surface area contributed by atoms with E-state index in [1.807, 2.05) is 30.0 Å². The molecule has 2 fully saturated rings. The fraction of sp³-hybridized carbons (Fsp3) is 0.632. The number of amides is 2. The summed E-state index contributed by atoms with van der Waals surface area (Å²) >= 11 is 0. The number of nitrogens with zero attached hydrogens (tertiary/aromatic N) is 1. The number of carbonyl (C=O) groups is 1. The number of benzene rings is 1. The van der Waals surface area contributed by atoms with Crippen LogP contribution in [0.5, 0.6) is 0 Å². The maximum Gasteiger partial charge on any atom is 0.317 e. The molecule has 2 saturated heterocycles. The van der Waals surface area contributed by atoms with Crippen LogP contribution >= 0.6 is 0 Å². The highest BCUT2D eigenvalue weighted by Crippen LogP contribution is 2.19. The molecule has 0 aliphatic carbocycles. The van der Waals surface area contributed by atoms with Gasteiger partial charge in [0.1, 0.15) is 0 Å². The van der Waals surface area contributed by atoms with Crippen molar-refractivity contribution in [3.8, 4) is 0 Å². The quantitative estimate of drug-likeness (QED) is 0.871. The van der Waals surface area contributed by atoms with Crippen molar-refractivity contribution in [3.05, 3.63) is 35.9 Å². The minimum atomic E-state index is 0.0311. The van der Waals surface area contributed by atoms with Crippen molar-refractivity contribution in [2.24, 2.45) is 5.92 Å². The predicted octanol–water partition coefficient (Wildman–Crippen LogP) is 2.80. The highest BCUT2D eigenvalue weighted by atomic mass is 16.5. The van der Waals surface area contributed by atoms with Gasteiger partial charge in [0, 0.05) is 25.6 Å². The third kappa shape index (κ3) is 4.71. The van der Waals surface area contributed by atoms with Gasteiger partial charge in [-0.05, 0) is 31.7 Å². The van der Waals surface area contributed by atoms with E-state index >= 15 is 0 Å². The summed E-state index contributed by atoms with van der Waals surface area (Å²) in [6, 6.07) is 10.3. The zero-order valence-electron chi connectivity index (χ0n) is 14.4. The van der Waals surface area contributed by atoms with Crippen molar-refractivity contribution in [1.82, 2.24) is 10.2 Å². The summed E-state index contributed by atoms with van der Waals surface area (Å²) in [5, 5.41) is 3.09. The molecule has 1 N–H and O–H groups in total. The normalized spacial score (nSPS) is 25.0. The standard InChI is InChI=1S/C19H28N2O3/c1-15(18-8-5-11-24-18)20-19(22)21-10-9-17(12-21)14-23-13-16-6-3-2-4-7-16/h2-4,6-7,15,17-18H,5,8-14H2,1H3,(H,20,22). The Labute approximate surface area is 144 Å². The molecule has 3 unspecified atom stereocenters. The van der Waals surface area contributed by atoms with E-state index < -0.39 is 0 Å². The zero-order chi connectivity index (χ0) is 16.8. The molecule has 1 aromatic carbocycles. The van der Waals surface area contributed by atoms with Crippen LogP contribution in [0.1, 0.15) is 31.7 Å². The largest absolute Gasteiger partial charge is 0.376 e. The summed E-state index contributed by atoms with van der Waals surface area (Å²) in [5.41, 5.74) is 1.19. The highest BCUT2D eigenvalue weighted by Gasteiger charge is 2.29. The van der Waals surface area contributed by atoms with Crippen LogP contribution in [0.2, 0.25) is 0 Å². The molecule has 0 aromatic heterocycles. The Bertz CT molecular complexity index is 517. The second kappa shape index (κ2) is 8.49. The molecule has 2 amide bonds. The molecule has 5 nitrogen and oxygen atoms in total. The van der Waals surface area contributed by atoms with Crippen LogP contribution in [0, 0.1) is 5.92 Å². The van der Waals surface area contributed by atoms with Crippen molar-refractivity contribution in [3.63, 3.8) is 0 Å². The summed E-state index contributed by atoms with van der Waals surface area (Å²) in [6.07, 6.45) is 3.31. The minimum Gasteiger partial charge on any atom is -0.376 e. The third-order valence-electron chi connectivity index (χ3n) is 4.91. The lowest BCUT2D eigenvalue weighted by Crippen LogP contribution is -2.47. The molecule has 2 aliphatic rings. The molecule has 0 bridgehead atoms. The van der Waals surface area contributed by atoms with Crippen LogP contribution in [0.3, 0.4) is 0 Å². The fourth-order valence-corrected chi connectivity index (χ4v) is 3.45. The van der Waals surface area contributed by atoms with E-state index in [1.165, 1.54) is 5.56 Å². The second-order valence-corrected chi connectivity index (χ2v) is 6.89. The topological polar surface area (TPSA) is 50.8 Å². The van der Waals surface area contributed by atoms with Crippen molar-refractivity contribution in [2.75, 3.05) is 26.3 Å². The molecular weight excluding hydrogens is 304 g/mol. The van der Waals surface area contributed by atoms with Gasteiger partial charge in [0.15, 0.2) is 0 Å². The highest BCUT2D eigenvalue weighted by molar-refractivity contribution is 5.74. The van der Waals surface area contributed by atoms with Crippen molar-refractivity contribution >= 4 is 6.03 Å². The Morgan fingerprint density at radius 3 is 2.96 bits per heavy atom. The summed E-state index contributed by atoms with van der Waals surface area (Å²) in [4.78, 5) is 14.3. The first-order valence-corrected chi connectivity index (χ1v) is 9.01. The zero-order valence-corrected chi connectivity index (χ0v) is 14.4. The first-order valence-electron chi connectivity index (χ1n) is 9.01. The Kier molecular flexibility index (Phi) is 6.10. The number of rotatable bonds is 6. The van der Waals surface area contributed by atoms with Crippen LogP contribution in [0.4, 0.5) is 4.79 Å². The monoisotopic (exact) mass is 332 g/mol. The van der Waals surface area contributed by atoms with Gasteiger partial charge in [-0.1, -0.05) is 30.3 Å². The predicted molar refractivity (Wildman–Crippen MR) is 92.7 cm³/mol. The summed E-state index contributed by atoms with van der Waals surface area (Å²) in [5.74, 6) is 0.428. The smallest absolute Gasteiger partial charge is 0.317 e. The molecule has 2 heterocycles. The van der Waals surface area contributed by atoms with E-state index in [1.54, 1.807) is 0 Å². The van der Waals surface area contributed by atoms with Gasteiger partial charge in [-0.3, -0.25) is 0 Å². The van der Waals surface area contributed by atoms with Gasteiger partial charge in [0.2, 0.25) is 0 Å². The molecule has 0 spiro atoms. The Hall–Kier alpha value is -1.59. The Morgan fingerprint density at radius 1 is 1.38 bits per heavy atom. The molecule has 24 heavy (non-hydrogen) atoms. The van der Waals surface area contributed by atoms with E-state index in [2.05, 4.69) is 17.4 Å². The number of urea groups is 1. The number of hydrogen-bond donors (Lipinski definition) is 1. The van der Waals surface area contributed by atoms with Gasteiger partial charge in [-0.15, -0.1) is 0 Å². The van der Waals surface area contributed by atoms with Crippen molar-refractivity contribution in [2.45, 2.75) is 44.9 Å². The number of hydrogen-bond acceptors (Lipinski definition) is 3. The van der Waals surface area contributed by atoms with Crippen LogP contribution in [-0.4, -0.2) is 49.4 Å².